The van der Waals surface area contributed by atoms with Crippen LogP contribution >= 0.6 is 0 Å². The molecule has 0 spiro atoms. The Kier molecular flexibility index (Phi) is 3.87. The molecule has 1 heterocycles. The van der Waals surface area contributed by atoms with Crippen molar-refractivity contribution < 1.29 is 14.6 Å². The van der Waals surface area contributed by atoms with Crippen LogP contribution in [0.5, 0.6) is 5.75 Å². The molecule has 1 aliphatic rings. The number of aliphatic hydroxyl groups excluding tert-OH is 1. The van der Waals surface area contributed by atoms with Crippen molar-refractivity contribution in [2.24, 2.45) is 0 Å². The lowest BCUT2D eigenvalue weighted by molar-refractivity contribution is -0.132. The van der Waals surface area contributed by atoms with Gasteiger partial charge in [-0.05, 0) is 12.5 Å². The van der Waals surface area contributed by atoms with Gasteiger partial charge in [0.05, 0.1) is 6.10 Å². The molecule has 0 aliphatic carbocycles. The van der Waals surface area contributed by atoms with Crippen LogP contribution in [0, 0.1) is 0 Å². The van der Waals surface area contributed by atoms with Gasteiger partial charge in [-0.25, -0.2) is 0 Å². The molecule has 0 saturated carbocycles. The van der Waals surface area contributed by atoms with Crippen LogP contribution in [0.15, 0.2) is 24.3 Å². The van der Waals surface area contributed by atoms with Crippen LogP contribution in [0.4, 0.5) is 0 Å². The molecule has 1 N–H and O–H groups in total. The molecule has 4 nitrogen and oxygen atoms in total. The first-order valence-corrected chi connectivity index (χ1v) is 6.32. The maximum Gasteiger partial charge on any atom is 0.263 e. The predicted molar refractivity (Wildman–Crippen MR) is 68.4 cm³/mol. The van der Waals surface area contributed by atoms with Gasteiger partial charge in [0.2, 0.25) is 0 Å². The highest BCUT2D eigenvalue weighted by Crippen LogP contribution is 2.29. The summed E-state index contributed by atoms with van der Waals surface area (Å²) in [4.78, 5) is 13.5. The van der Waals surface area contributed by atoms with Crippen molar-refractivity contribution in [3.63, 3.8) is 0 Å². The van der Waals surface area contributed by atoms with Crippen LogP contribution in [0.3, 0.4) is 0 Å². The molecule has 1 unspecified atom stereocenters. The molecule has 98 valence electrons. The van der Waals surface area contributed by atoms with Crippen molar-refractivity contribution in [1.82, 2.24) is 4.90 Å². The first kappa shape index (κ1) is 12.9. The monoisotopic (exact) mass is 249 g/mol. The van der Waals surface area contributed by atoms with Gasteiger partial charge in [0.25, 0.3) is 5.91 Å². The van der Waals surface area contributed by atoms with Crippen molar-refractivity contribution in [1.29, 1.82) is 0 Å². The number of hydrogen-bond donors (Lipinski definition) is 1. The summed E-state index contributed by atoms with van der Waals surface area (Å²) >= 11 is 0. The Morgan fingerprint density at radius 1 is 1.50 bits per heavy atom. The van der Waals surface area contributed by atoms with E-state index < -0.39 is 12.2 Å². The highest BCUT2D eigenvalue weighted by molar-refractivity contribution is 5.83. The van der Waals surface area contributed by atoms with Gasteiger partial charge in [-0.1, -0.05) is 25.1 Å². The molecule has 1 aliphatic heterocycles. The van der Waals surface area contributed by atoms with Crippen LogP contribution < -0.4 is 4.74 Å². The van der Waals surface area contributed by atoms with E-state index in [1.54, 1.807) is 18.0 Å². The van der Waals surface area contributed by atoms with Gasteiger partial charge in [-0.3, -0.25) is 4.79 Å². The standard InChI is InChI=1S/C14H19NO3/c1-3-11(16)10-6-4-5-7-12(10)18-13-8-9-15(2)14(13)17/h4-7,11,13,16H,3,8-9H2,1-2H3/t11-,13?/m1/s1. The topological polar surface area (TPSA) is 49.8 Å². The molecule has 2 rings (SSSR count). The number of carbonyl (C=O) groups is 1. The minimum atomic E-state index is -0.546. The van der Waals surface area contributed by atoms with Crippen LogP contribution in [-0.4, -0.2) is 35.6 Å². The number of hydrogen-bond acceptors (Lipinski definition) is 3. The number of benzene rings is 1. The van der Waals surface area contributed by atoms with E-state index in [0.717, 1.165) is 12.1 Å². The third-order valence-corrected chi connectivity index (χ3v) is 3.31. The lowest BCUT2D eigenvalue weighted by Gasteiger charge is -2.18. The Hall–Kier alpha value is -1.55. The zero-order chi connectivity index (χ0) is 13.1. The molecule has 1 aromatic carbocycles. The molecule has 0 bridgehead atoms. The molecule has 1 fully saturated rings. The zero-order valence-corrected chi connectivity index (χ0v) is 10.8. The maximum atomic E-state index is 11.8. The zero-order valence-electron chi connectivity index (χ0n) is 10.8. The largest absolute Gasteiger partial charge is 0.480 e. The number of amides is 1. The highest BCUT2D eigenvalue weighted by Gasteiger charge is 2.31. The van der Waals surface area contributed by atoms with Gasteiger partial charge in [-0.2, -0.15) is 0 Å². The first-order chi connectivity index (χ1) is 8.63. The highest BCUT2D eigenvalue weighted by atomic mass is 16.5. The Morgan fingerprint density at radius 2 is 2.22 bits per heavy atom. The number of aliphatic hydroxyl groups is 1. The van der Waals surface area contributed by atoms with Gasteiger partial charge in [0.15, 0.2) is 6.10 Å². The Balaban J connectivity index is 2.16. The van der Waals surface area contributed by atoms with Gasteiger partial charge in [-0.15, -0.1) is 0 Å². The predicted octanol–water partition coefficient (Wildman–Crippen LogP) is 1.74. The van der Waals surface area contributed by atoms with Crippen molar-refractivity contribution in [3.8, 4) is 5.75 Å². The molecule has 0 radical (unpaired) electrons. The number of rotatable bonds is 4. The SMILES string of the molecule is CC[C@@H](O)c1ccccc1OC1CCN(C)C1=O. The summed E-state index contributed by atoms with van der Waals surface area (Å²) in [5, 5.41) is 9.93. The first-order valence-electron chi connectivity index (χ1n) is 6.32. The normalized spacial score (nSPS) is 21.2. The summed E-state index contributed by atoms with van der Waals surface area (Å²) in [5.41, 5.74) is 0.752. The summed E-state index contributed by atoms with van der Waals surface area (Å²) in [6.07, 6.45) is 0.362. The minimum Gasteiger partial charge on any atom is -0.480 e. The van der Waals surface area contributed by atoms with Crippen molar-refractivity contribution in [3.05, 3.63) is 29.8 Å². The number of carbonyl (C=O) groups excluding carboxylic acids is 1. The van der Waals surface area contributed by atoms with E-state index in [2.05, 4.69) is 0 Å². The summed E-state index contributed by atoms with van der Waals surface area (Å²) in [5.74, 6) is 0.622. The van der Waals surface area contributed by atoms with Gasteiger partial charge in [0, 0.05) is 25.6 Å². The summed E-state index contributed by atoms with van der Waals surface area (Å²) in [6, 6.07) is 7.36. The average molecular weight is 249 g/mol. The number of nitrogens with zero attached hydrogens (tertiary/aromatic N) is 1. The van der Waals surface area contributed by atoms with Crippen LogP contribution in [-0.2, 0) is 4.79 Å². The second-order valence-corrected chi connectivity index (χ2v) is 4.62. The lowest BCUT2D eigenvalue weighted by atomic mass is 10.1. The lowest BCUT2D eigenvalue weighted by Crippen LogP contribution is -2.29. The van der Waals surface area contributed by atoms with E-state index in [4.69, 9.17) is 4.74 Å². The summed E-state index contributed by atoms with van der Waals surface area (Å²) in [7, 11) is 1.78. The van der Waals surface area contributed by atoms with Crippen LogP contribution in [0.25, 0.3) is 0 Å². The smallest absolute Gasteiger partial charge is 0.263 e. The minimum absolute atomic E-state index is 0.00999. The maximum absolute atomic E-state index is 11.8. The molecule has 1 aromatic rings. The molecule has 0 aromatic heterocycles. The molecular weight excluding hydrogens is 230 g/mol. The van der Waals surface area contributed by atoms with E-state index in [0.29, 0.717) is 18.6 Å². The summed E-state index contributed by atoms with van der Waals surface area (Å²) < 4.78 is 5.76. The van der Waals surface area contributed by atoms with Gasteiger partial charge >= 0.3 is 0 Å². The van der Waals surface area contributed by atoms with E-state index in [1.807, 2.05) is 25.1 Å². The number of likely N-dealkylation sites (tertiary alicyclic amines) is 1. The third-order valence-electron chi connectivity index (χ3n) is 3.31. The molecule has 2 atom stereocenters. The Bertz CT molecular complexity index is 433. The number of likely N-dealkylation sites (N-methyl/N-ethyl adjacent to an activating group) is 1. The third kappa shape index (κ3) is 2.48. The second kappa shape index (κ2) is 5.40. The van der Waals surface area contributed by atoms with E-state index in [1.165, 1.54) is 0 Å². The fraction of sp³-hybridized carbons (Fsp3) is 0.500. The Labute approximate surface area is 107 Å². The average Bonchev–Trinajstić information content (AvgIpc) is 2.70. The van der Waals surface area contributed by atoms with Crippen LogP contribution in [0.2, 0.25) is 0 Å². The van der Waals surface area contributed by atoms with Crippen LogP contribution in [0.1, 0.15) is 31.4 Å². The van der Waals surface area contributed by atoms with Crippen molar-refractivity contribution in [2.45, 2.75) is 32.0 Å². The summed E-state index contributed by atoms with van der Waals surface area (Å²) in [6.45, 7) is 2.64. The van der Waals surface area contributed by atoms with E-state index >= 15 is 0 Å². The van der Waals surface area contributed by atoms with Crippen molar-refractivity contribution in [2.75, 3.05) is 13.6 Å². The molecule has 1 amide bonds. The number of ether oxygens (including phenoxy) is 1. The second-order valence-electron chi connectivity index (χ2n) is 4.62. The van der Waals surface area contributed by atoms with E-state index in [9.17, 15) is 9.90 Å². The van der Waals surface area contributed by atoms with Crippen molar-refractivity contribution >= 4 is 5.91 Å². The molecule has 18 heavy (non-hydrogen) atoms. The van der Waals surface area contributed by atoms with Gasteiger partial charge in [0.1, 0.15) is 5.75 Å². The molecule has 4 heteroatoms. The molecular formula is C14H19NO3. The fourth-order valence-electron chi connectivity index (χ4n) is 2.14. The number of para-hydroxylation sites is 1. The Morgan fingerprint density at radius 3 is 2.83 bits per heavy atom. The van der Waals surface area contributed by atoms with Gasteiger partial charge < -0.3 is 14.7 Å². The fourth-order valence-corrected chi connectivity index (χ4v) is 2.14. The molecule has 1 saturated heterocycles. The van der Waals surface area contributed by atoms with E-state index in [-0.39, 0.29) is 5.91 Å². The quantitative estimate of drug-likeness (QED) is 0.884.